The second-order valence-electron chi connectivity index (χ2n) is 7.55. The topological polar surface area (TPSA) is 41.1 Å². The van der Waals surface area contributed by atoms with Gasteiger partial charge in [-0.15, -0.1) is 0 Å². The Kier molecular flexibility index (Phi) is 6.41. The molecule has 0 radical (unpaired) electrons. The molecule has 1 aliphatic heterocycles. The molecule has 1 aromatic carbocycles. The molecule has 30 heavy (non-hydrogen) atoms. The Morgan fingerprint density at radius 3 is 2.53 bits per heavy atom. The van der Waals surface area contributed by atoms with Crippen molar-refractivity contribution in [1.82, 2.24) is 14.9 Å². The molecule has 3 heterocycles. The normalized spacial score (nSPS) is 14.5. The van der Waals surface area contributed by atoms with Gasteiger partial charge in [0.2, 0.25) is 5.95 Å². The molecule has 154 valence electrons. The smallest absolute Gasteiger partial charge is 0.220 e. The van der Waals surface area contributed by atoms with Gasteiger partial charge in [-0.2, -0.15) is 4.39 Å². The van der Waals surface area contributed by atoms with E-state index in [9.17, 15) is 4.39 Å². The third kappa shape index (κ3) is 4.37. The summed E-state index contributed by atoms with van der Waals surface area (Å²) in [4.78, 5) is 13.2. The molecule has 0 unspecified atom stereocenters. The first kappa shape index (κ1) is 20.5. The Hall–Kier alpha value is -2.76. The number of hydrogen-bond acceptors (Lipinski definition) is 4. The Bertz CT molecular complexity index is 1030. The number of pyridine rings is 2. The fourth-order valence-electron chi connectivity index (χ4n) is 3.96. The number of anilines is 1. The molecule has 1 N–H and O–H groups in total. The average molecular weight is 423 g/mol. The minimum atomic E-state index is -0.567. The highest BCUT2D eigenvalue weighted by molar-refractivity contribution is 6.25. The van der Waals surface area contributed by atoms with Gasteiger partial charge in [0.15, 0.2) is 0 Å². The highest BCUT2D eigenvalue weighted by Gasteiger charge is 2.16. The van der Waals surface area contributed by atoms with Crippen LogP contribution in [0.2, 0.25) is 0 Å². The van der Waals surface area contributed by atoms with Crippen LogP contribution >= 0.6 is 11.8 Å². The van der Waals surface area contributed by atoms with E-state index < -0.39 is 5.95 Å². The van der Waals surface area contributed by atoms with Crippen LogP contribution in [-0.4, -0.2) is 28.0 Å². The summed E-state index contributed by atoms with van der Waals surface area (Å²) < 4.78 is 14.7. The standard InChI is InChI=1S/C24H24ClFN4/c1-2-18-13-27-15-22(29-25)23(18)21-12-20(14-28-24(21)26)19-8-6-17(7-9-19)16-30-10-4-3-5-11-30/h2,6-9,12-15,29H,1,3-5,10-11,16H2. The third-order valence-electron chi connectivity index (χ3n) is 5.55. The summed E-state index contributed by atoms with van der Waals surface area (Å²) in [5.41, 5.74) is 5.23. The molecule has 4 rings (SSSR count). The van der Waals surface area contributed by atoms with Crippen LogP contribution in [0.15, 0.2) is 55.5 Å². The van der Waals surface area contributed by atoms with Crippen LogP contribution in [0.5, 0.6) is 0 Å². The molecule has 0 atom stereocenters. The lowest BCUT2D eigenvalue weighted by Gasteiger charge is -2.26. The minimum absolute atomic E-state index is 0.352. The molecule has 0 aliphatic carbocycles. The van der Waals surface area contributed by atoms with E-state index in [4.69, 9.17) is 11.8 Å². The highest BCUT2D eigenvalue weighted by atomic mass is 35.5. The highest BCUT2D eigenvalue weighted by Crippen LogP contribution is 2.35. The van der Waals surface area contributed by atoms with E-state index in [1.807, 2.05) is 0 Å². The number of piperidine rings is 1. The molecule has 3 aromatic rings. The van der Waals surface area contributed by atoms with Gasteiger partial charge < -0.3 is 0 Å². The van der Waals surface area contributed by atoms with E-state index in [-0.39, 0.29) is 0 Å². The van der Waals surface area contributed by atoms with Crippen molar-refractivity contribution in [3.8, 4) is 22.3 Å². The van der Waals surface area contributed by atoms with Crippen molar-refractivity contribution in [2.45, 2.75) is 25.8 Å². The van der Waals surface area contributed by atoms with Gasteiger partial charge in [-0.05, 0) is 43.1 Å². The van der Waals surface area contributed by atoms with Crippen LogP contribution in [0, 0.1) is 5.95 Å². The van der Waals surface area contributed by atoms with Gasteiger partial charge in [-0.25, -0.2) is 4.98 Å². The van der Waals surface area contributed by atoms with E-state index in [1.165, 1.54) is 37.9 Å². The van der Waals surface area contributed by atoms with Gasteiger partial charge in [0.05, 0.1) is 11.9 Å². The van der Waals surface area contributed by atoms with Gasteiger partial charge in [-0.3, -0.25) is 14.7 Å². The molecule has 0 bridgehead atoms. The number of likely N-dealkylation sites (tertiary alicyclic amines) is 1. The Balaban J connectivity index is 1.65. The number of benzene rings is 1. The first-order valence-corrected chi connectivity index (χ1v) is 10.5. The van der Waals surface area contributed by atoms with Crippen molar-refractivity contribution in [1.29, 1.82) is 0 Å². The first-order chi connectivity index (χ1) is 14.7. The Morgan fingerprint density at radius 1 is 1.07 bits per heavy atom. The lowest BCUT2D eigenvalue weighted by molar-refractivity contribution is 0.221. The molecule has 1 fully saturated rings. The van der Waals surface area contributed by atoms with Crippen LogP contribution in [-0.2, 0) is 6.54 Å². The monoisotopic (exact) mass is 422 g/mol. The fourth-order valence-corrected chi connectivity index (χ4v) is 4.11. The van der Waals surface area contributed by atoms with Crippen molar-refractivity contribution in [2.24, 2.45) is 0 Å². The van der Waals surface area contributed by atoms with Crippen molar-refractivity contribution in [2.75, 3.05) is 17.9 Å². The molecule has 0 amide bonds. The molecule has 2 aromatic heterocycles. The molecule has 0 spiro atoms. The second-order valence-corrected chi connectivity index (χ2v) is 7.73. The summed E-state index contributed by atoms with van der Waals surface area (Å²) in [5.74, 6) is -0.567. The number of rotatable bonds is 6. The van der Waals surface area contributed by atoms with Crippen LogP contribution < -0.4 is 4.84 Å². The van der Waals surface area contributed by atoms with E-state index in [2.05, 4.69) is 50.5 Å². The van der Waals surface area contributed by atoms with Gasteiger partial charge in [0.25, 0.3) is 0 Å². The lowest BCUT2D eigenvalue weighted by Crippen LogP contribution is -2.28. The van der Waals surface area contributed by atoms with Crippen LogP contribution in [0.1, 0.15) is 30.4 Å². The Labute approximate surface area is 181 Å². The summed E-state index contributed by atoms with van der Waals surface area (Å²) in [6.45, 7) is 7.11. The summed E-state index contributed by atoms with van der Waals surface area (Å²) >= 11 is 5.85. The molecular weight excluding hydrogens is 399 g/mol. The van der Waals surface area contributed by atoms with Gasteiger partial charge in [0.1, 0.15) is 0 Å². The summed E-state index contributed by atoms with van der Waals surface area (Å²) in [6.07, 6.45) is 10.3. The van der Waals surface area contributed by atoms with Crippen LogP contribution in [0.3, 0.4) is 0 Å². The quantitative estimate of drug-likeness (QED) is 0.382. The fraction of sp³-hybridized carbons (Fsp3) is 0.250. The number of hydrogen-bond donors (Lipinski definition) is 1. The maximum absolute atomic E-state index is 14.7. The SMILES string of the molecule is C=Cc1cncc(NCl)c1-c1cc(-c2ccc(CN3CCCCC3)cc2)cnc1F. The lowest BCUT2D eigenvalue weighted by atomic mass is 9.97. The van der Waals surface area contributed by atoms with Crippen molar-refractivity contribution in [3.63, 3.8) is 0 Å². The predicted molar refractivity (Wildman–Crippen MR) is 122 cm³/mol. The van der Waals surface area contributed by atoms with E-state index in [0.29, 0.717) is 22.4 Å². The zero-order valence-electron chi connectivity index (χ0n) is 16.7. The number of halogens is 2. The zero-order chi connectivity index (χ0) is 20.9. The number of nitrogens with zero attached hydrogens (tertiary/aromatic N) is 3. The molecular formula is C24H24ClFN4. The zero-order valence-corrected chi connectivity index (χ0v) is 17.5. The molecule has 1 saturated heterocycles. The molecule has 4 nitrogen and oxygen atoms in total. The van der Waals surface area contributed by atoms with Crippen LogP contribution in [0.4, 0.5) is 10.1 Å². The summed E-state index contributed by atoms with van der Waals surface area (Å²) in [6, 6.07) is 10.2. The van der Waals surface area contributed by atoms with E-state index in [1.54, 1.807) is 30.7 Å². The third-order valence-corrected chi connectivity index (χ3v) is 5.75. The summed E-state index contributed by atoms with van der Waals surface area (Å²) in [7, 11) is 0. The van der Waals surface area contributed by atoms with Gasteiger partial charge >= 0.3 is 0 Å². The van der Waals surface area contributed by atoms with Gasteiger partial charge in [0, 0.05) is 53.0 Å². The molecule has 6 heteroatoms. The predicted octanol–water partition coefficient (Wildman–Crippen LogP) is 6.14. The second kappa shape index (κ2) is 9.37. The van der Waals surface area contributed by atoms with Crippen LogP contribution in [0.25, 0.3) is 28.3 Å². The summed E-state index contributed by atoms with van der Waals surface area (Å²) in [5, 5.41) is 0. The maximum Gasteiger partial charge on any atom is 0.220 e. The van der Waals surface area contributed by atoms with Crippen molar-refractivity contribution < 1.29 is 4.39 Å². The largest absolute Gasteiger partial charge is 0.299 e. The first-order valence-electron chi connectivity index (χ1n) is 10.1. The minimum Gasteiger partial charge on any atom is -0.299 e. The number of aromatic nitrogens is 2. The molecule has 0 saturated carbocycles. The van der Waals surface area contributed by atoms with Crippen molar-refractivity contribution >= 4 is 23.5 Å². The van der Waals surface area contributed by atoms with E-state index in [0.717, 1.165) is 17.7 Å². The average Bonchev–Trinajstić information content (AvgIpc) is 2.80. The van der Waals surface area contributed by atoms with Crippen molar-refractivity contribution in [3.05, 3.63) is 72.6 Å². The number of nitrogens with one attached hydrogen (secondary N) is 1. The van der Waals surface area contributed by atoms with E-state index >= 15 is 0 Å². The molecule has 1 aliphatic rings. The maximum atomic E-state index is 14.7. The van der Waals surface area contributed by atoms with Gasteiger partial charge in [-0.1, -0.05) is 43.3 Å². The Morgan fingerprint density at radius 2 is 1.83 bits per heavy atom.